The summed E-state index contributed by atoms with van der Waals surface area (Å²) in [5.74, 6) is -0.918. The van der Waals surface area contributed by atoms with Gasteiger partial charge in [-0.2, -0.15) is 9.78 Å². The van der Waals surface area contributed by atoms with Crippen molar-refractivity contribution in [2.75, 3.05) is 53.7 Å². The highest BCUT2D eigenvalue weighted by Crippen LogP contribution is 2.14. The van der Waals surface area contributed by atoms with Crippen molar-refractivity contribution in [3.8, 4) is 0 Å². The molecule has 0 heterocycles. The Morgan fingerprint density at radius 3 is 1.23 bits per heavy atom. The molecule has 9 heteroatoms. The van der Waals surface area contributed by atoms with E-state index < -0.39 is 11.9 Å². The molecule has 0 saturated heterocycles. The second-order valence-electron chi connectivity index (χ2n) is 13.4. The quantitative estimate of drug-likeness (QED) is 0.0356. The number of ether oxygens (including phenoxy) is 2. The standard InChI is InChI=1S/C39H77NO8/c1-5-7-9-11-13-15-17-19-21-23-25-27-33-45-36-37(46-34-28-26-24-22-20-18-16-14-12-10-8-6-2)35-40(31-29-38(41)47-43-3)32-30-39(42)48-44-4/h37H,5-36H2,1-4H3. The van der Waals surface area contributed by atoms with Gasteiger partial charge in [0.1, 0.15) is 0 Å². The first-order valence-electron chi connectivity index (χ1n) is 20.0. The summed E-state index contributed by atoms with van der Waals surface area (Å²) in [5.41, 5.74) is 0. The maximum Gasteiger partial charge on any atom is 0.343 e. The second-order valence-corrected chi connectivity index (χ2v) is 13.4. The van der Waals surface area contributed by atoms with Crippen LogP contribution in [0.2, 0.25) is 0 Å². The average Bonchev–Trinajstić information content (AvgIpc) is 3.08. The normalized spacial score (nSPS) is 12.1. The van der Waals surface area contributed by atoms with Gasteiger partial charge in [-0.3, -0.25) is 14.7 Å². The molecule has 0 aromatic heterocycles. The van der Waals surface area contributed by atoms with Gasteiger partial charge in [-0.15, -0.1) is 0 Å². The van der Waals surface area contributed by atoms with Crippen LogP contribution in [-0.2, 0) is 38.6 Å². The number of hydrogen-bond acceptors (Lipinski definition) is 9. The molecule has 0 aliphatic carbocycles. The maximum atomic E-state index is 12.0. The van der Waals surface area contributed by atoms with Crippen LogP contribution in [0.3, 0.4) is 0 Å². The summed E-state index contributed by atoms with van der Waals surface area (Å²) in [6.45, 7) is 7.76. The van der Waals surface area contributed by atoms with Crippen LogP contribution >= 0.6 is 0 Å². The van der Waals surface area contributed by atoms with E-state index in [1.807, 2.05) is 4.90 Å². The maximum absolute atomic E-state index is 12.0. The first-order valence-corrected chi connectivity index (χ1v) is 20.0. The number of carbonyl (C=O) groups excluding carboxylic acids is 2. The van der Waals surface area contributed by atoms with E-state index in [9.17, 15) is 9.59 Å². The predicted molar refractivity (Wildman–Crippen MR) is 195 cm³/mol. The molecule has 0 amide bonds. The summed E-state index contributed by atoms with van der Waals surface area (Å²) in [6.07, 6.45) is 31.5. The van der Waals surface area contributed by atoms with Crippen LogP contribution in [0.15, 0.2) is 0 Å². The first kappa shape index (κ1) is 46.7. The van der Waals surface area contributed by atoms with Crippen molar-refractivity contribution in [2.24, 2.45) is 0 Å². The Hall–Kier alpha value is -1.26. The van der Waals surface area contributed by atoms with Gasteiger partial charge in [-0.1, -0.05) is 155 Å². The van der Waals surface area contributed by atoms with Crippen LogP contribution in [0.25, 0.3) is 0 Å². The molecule has 0 spiro atoms. The Labute approximate surface area is 295 Å². The molecule has 286 valence electrons. The van der Waals surface area contributed by atoms with Gasteiger partial charge in [0, 0.05) is 32.8 Å². The Kier molecular flexibility index (Phi) is 37.5. The van der Waals surface area contributed by atoms with Crippen molar-refractivity contribution in [2.45, 2.75) is 187 Å². The molecule has 0 radical (unpaired) electrons. The van der Waals surface area contributed by atoms with Gasteiger partial charge >= 0.3 is 11.9 Å². The molecule has 0 saturated carbocycles. The number of unbranched alkanes of at least 4 members (excludes halogenated alkanes) is 22. The zero-order valence-corrected chi connectivity index (χ0v) is 31.9. The fourth-order valence-corrected chi connectivity index (χ4v) is 5.96. The summed E-state index contributed by atoms with van der Waals surface area (Å²) < 4.78 is 12.4. The molecule has 9 nitrogen and oxygen atoms in total. The molecule has 1 unspecified atom stereocenters. The largest absolute Gasteiger partial charge is 0.379 e. The van der Waals surface area contributed by atoms with Crippen molar-refractivity contribution in [3.63, 3.8) is 0 Å². The van der Waals surface area contributed by atoms with Crippen LogP contribution < -0.4 is 0 Å². The van der Waals surface area contributed by atoms with Gasteiger partial charge in [0.05, 0.1) is 39.8 Å². The lowest BCUT2D eigenvalue weighted by Crippen LogP contribution is -2.39. The van der Waals surface area contributed by atoms with E-state index in [4.69, 9.17) is 9.47 Å². The van der Waals surface area contributed by atoms with Gasteiger partial charge in [-0.25, -0.2) is 9.59 Å². The molecule has 0 N–H and O–H groups in total. The van der Waals surface area contributed by atoms with Crippen LogP contribution in [0.1, 0.15) is 181 Å². The summed E-state index contributed by atoms with van der Waals surface area (Å²) in [6, 6.07) is 0. The number of carbonyl (C=O) groups is 2. The lowest BCUT2D eigenvalue weighted by Gasteiger charge is -2.27. The molecular weight excluding hydrogens is 610 g/mol. The third-order valence-corrected chi connectivity index (χ3v) is 8.88. The summed E-state index contributed by atoms with van der Waals surface area (Å²) in [5, 5.41) is 0. The minimum Gasteiger partial charge on any atom is -0.379 e. The minimum atomic E-state index is -0.459. The lowest BCUT2D eigenvalue weighted by molar-refractivity contribution is -0.255. The molecule has 0 aliphatic heterocycles. The van der Waals surface area contributed by atoms with Crippen LogP contribution in [0.5, 0.6) is 0 Å². The summed E-state index contributed by atoms with van der Waals surface area (Å²) in [4.78, 5) is 44.2. The van der Waals surface area contributed by atoms with Gasteiger partial charge in [0.25, 0.3) is 0 Å². The first-order chi connectivity index (χ1) is 23.6. The molecule has 0 bridgehead atoms. The van der Waals surface area contributed by atoms with Crippen LogP contribution in [-0.4, -0.2) is 76.6 Å². The molecular formula is C39H77NO8. The fourth-order valence-electron chi connectivity index (χ4n) is 5.96. The number of hydrogen-bond donors (Lipinski definition) is 0. The molecule has 0 aromatic carbocycles. The monoisotopic (exact) mass is 688 g/mol. The van der Waals surface area contributed by atoms with Crippen molar-refractivity contribution in [1.29, 1.82) is 0 Å². The molecule has 1 atom stereocenters. The minimum absolute atomic E-state index is 0.137. The van der Waals surface area contributed by atoms with Crippen molar-refractivity contribution >= 4 is 11.9 Å². The van der Waals surface area contributed by atoms with Gasteiger partial charge < -0.3 is 9.47 Å². The third kappa shape index (κ3) is 34.6. The van der Waals surface area contributed by atoms with Gasteiger partial charge in [0.2, 0.25) is 0 Å². The van der Waals surface area contributed by atoms with Crippen molar-refractivity contribution < 1.29 is 38.6 Å². The Bertz CT molecular complexity index is 658. The van der Waals surface area contributed by atoms with Crippen molar-refractivity contribution in [3.05, 3.63) is 0 Å². The second kappa shape index (κ2) is 38.5. The zero-order chi connectivity index (χ0) is 35.2. The fraction of sp³-hybridized carbons (Fsp3) is 0.949. The van der Waals surface area contributed by atoms with E-state index in [-0.39, 0.29) is 18.9 Å². The van der Waals surface area contributed by atoms with E-state index in [0.29, 0.717) is 32.8 Å². The van der Waals surface area contributed by atoms with E-state index >= 15 is 0 Å². The van der Waals surface area contributed by atoms with E-state index in [2.05, 4.69) is 33.4 Å². The Morgan fingerprint density at radius 1 is 0.500 bits per heavy atom. The molecule has 0 rings (SSSR count). The van der Waals surface area contributed by atoms with Crippen LogP contribution in [0.4, 0.5) is 0 Å². The number of nitrogens with zero attached hydrogens (tertiary/aromatic N) is 1. The molecule has 0 fully saturated rings. The molecule has 0 aromatic rings. The third-order valence-electron chi connectivity index (χ3n) is 8.88. The predicted octanol–water partition coefficient (Wildman–Crippen LogP) is 10.1. The highest BCUT2D eigenvalue weighted by Gasteiger charge is 2.19. The smallest absolute Gasteiger partial charge is 0.343 e. The highest BCUT2D eigenvalue weighted by atomic mass is 17.2. The summed E-state index contributed by atoms with van der Waals surface area (Å²) >= 11 is 0. The highest BCUT2D eigenvalue weighted by molar-refractivity contribution is 5.69. The number of rotatable bonds is 39. The summed E-state index contributed by atoms with van der Waals surface area (Å²) in [7, 11) is 2.62. The van der Waals surface area contributed by atoms with E-state index in [0.717, 1.165) is 19.4 Å². The average molecular weight is 688 g/mol. The van der Waals surface area contributed by atoms with Gasteiger partial charge in [0.15, 0.2) is 0 Å². The van der Waals surface area contributed by atoms with Gasteiger partial charge in [-0.05, 0) is 12.8 Å². The zero-order valence-electron chi connectivity index (χ0n) is 31.9. The van der Waals surface area contributed by atoms with E-state index in [1.165, 1.54) is 155 Å². The topological polar surface area (TPSA) is 92.8 Å². The SMILES string of the molecule is CCCCCCCCCCCCCCOCC(CN(CCC(=O)OOC)CCC(=O)OOC)OCCCCCCCCCCCCCC. The van der Waals surface area contributed by atoms with Crippen LogP contribution in [0, 0.1) is 0 Å². The Balaban J connectivity index is 4.54. The molecule has 48 heavy (non-hydrogen) atoms. The lowest BCUT2D eigenvalue weighted by atomic mass is 10.1. The molecule has 0 aliphatic rings. The Morgan fingerprint density at radius 2 is 0.854 bits per heavy atom. The van der Waals surface area contributed by atoms with Crippen molar-refractivity contribution in [1.82, 2.24) is 4.90 Å². The van der Waals surface area contributed by atoms with E-state index in [1.54, 1.807) is 0 Å².